The second kappa shape index (κ2) is 7.31. The molecule has 22 heavy (non-hydrogen) atoms. The fraction of sp³-hybridized carbons (Fsp3) is 0.375. The van der Waals surface area contributed by atoms with E-state index in [4.69, 9.17) is 19.3 Å². The number of ether oxygens (including phenoxy) is 3. The van der Waals surface area contributed by atoms with Gasteiger partial charge in [-0.1, -0.05) is 0 Å². The molecule has 6 nitrogen and oxygen atoms in total. The van der Waals surface area contributed by atoms with Crippen molar-refractivity contribution in [2.24, 2.45) is 0 Å². The molecule has 1 N–H and O–H groups in total. The van der Waals surface area contributed by atoms with Crippen molar-refractivity contribution in [3.63, 3.8) is 0 Å². The minimum absolute atomic E-state index is 0.0117. The van der Waals surface area contributed by atoms with Gasteiger partial charge < -0.3 is 19.3 Å². The molecule has 2 aromatic rings. The van der Waals surface area contributed by atoms with Crippen molar-refractivity contribution >= 4 is 0 Å². The van der Waals surface area contributed by atoms with E-state index in [0.717, 1.165) is 17.0 Å². The summed E-state index contributed by atoms with van der Waals surface area (Å²) < 4.78 is 16.6. The first-order chi connectivity index (χ1) is 10.8. The summed E-state index contributed by atoms with van der Waals surface area (Å²) >= 11 is 0. The van der Waals surface area contributed by atoms with Crippen molar-refractivity contribution in [2.45, 2.75) is 12.7 Å². The molecule has 2 heterocycles. The third-order valence-corrected chi connectivity index (χ3v) is 3.32. The summed E-state index contributed by atoms with van der Waals surface area (Å²) in [6.07, 6.45) is 1.63. The Bertz CT molecular complexity index is 597. The maximum absolute atomic E-state index is 9.08. The van der Waals surface area contributed by atoms with Gasteiger partial charge in [-0.3, -0.25) is 0 Å². The SMILES string of the molecule is OCc1nccc(-c2ccc(OCC3COCCO3)cc2)n1. The molecule has 0 bridgehead atoms. The summed E-state index contributed by atoms with van der Waals surface area (Å²) in [7, 11) is 0. The molecule has 0 spiro atoms. The molecule has 1 aliphatic heterocycles. The molecule has 0 radical (unpaired) electrons. The molecule has 1 fully saturated rings. The molecule has 0 saturated carbocycles. The van der Waals surface area contributed by atoms with Crippen LogP contribution in [0, 0.1) is 0 Å². The van der Waals surface area contributed by atoms with E-state index in [0.29, 0.717) is 32.3 Å². The van der Waals surface area contributed by atoms with E-state index in [-0.39, 0.29) is 12.7 Å². The number of nitrogens with zero attached hydrogens (tertiary/aromatic N) is 2. The number of benzene rings is 1. The van der Waals surface area contributed by atoms with Crippen molar-refractivity contribution in [2.75, 3.05) is 26.4 Å². The number of hydrogen-bond acceptors (Lipinski definition) is 6. The summed E-state index contributed by atoms with van der Waals surface area (Å²) in [5, 5.41) is 9.08. The van der Waals surface area contributed by atoms with E-state index in [9.17, 15) is 0 Å². The molecular weight excluding hydrogens is 284 g/mol. The van der Waals surface area contributed by atoms with Crippen molar-refractivity contribution in [1.82, 2.24) is 9.97 Å². The van der Waals surface area contributed by atoms with Crippen LogP contribution in [0.2, 0.25) is 0 Å². The zero-order chi connectivity index (χ0) is 15.2. The number of aromatic nitrogens is 2. The molecule has 1 atom stereocenters. The van der Waals surface area contributed by atoms with Crippen LogP contribution in [0.3, 0.4) is 0 Å². The fourth-order valence-electron chi connectivity index (χ4n) is 2.18. The van der Waals surface area contributed by atoms with Crippen LogP contribution >= 0.6 is 0 Å². The van der Waals surface area contributed by atoms with Gasteiger partial charge >= 0.3 is 0 Å². The van der Waals surface area contributed by atoms with Gasteiger partial charge in [-0.25, -0.2) is 9.97 Å². The minimum atomic E-state index is -0.168. The summed E-state index contributed by atoms with van der Waals surface area (Å²) in [5.41, 5.74) is 1.72. The normalized spacial score (nSPS) is 18.1. The first-order valence-electron chi connectivity index (χ1n) is 7.20. The zero-order valence-electron chi connectivity index (χ0n) is 12.1. The van der Waals surface area contributed by atoms with Crippen LogP contribution < -0.4 is 4.74 Å². The lowest BCUT2D eigenvalue weighted by Gasteiger charge is -2.22. The van der Waals surface area contributed by atoms with Crippen molar-refractivity contribution in [1.29, 1.82) is 0 Å². The van der Waals surface area contributed by atoms with Crippen molar-refractivity contribution in [3.8, 4) is 17.0 Å². The van der Waals surface area contributed by atoms with Crippen molar-refractivity contribution < 1.29 is 19.3 Å². The molecular formula is C16H18N2O4. The van der Waals surface area contributed by atoms with Gasteiger partial charge in [0.2, 0.25) is 0 Å². The average Bonchev–Trinajstić information content (AvgIpc) is 2.61. The van der Waals surface area contributed by atoms with Gasteiger partial charge in [0, 0.05) is 11.8 Å². The van der Waals surface area contributed by atoms with Crippen LogP contribution in [0.5, 0.6) is 5.75 Å². The maximum Gasteiger partial charge on any atom is 0.154 e. The average molecular weight is 302 g/mol. The summed E-state index contributed by atoms with van der Waals surface area (Å²) in [6.45, 7) is 2.15. The highest BCUT2D eigenvalue weighted by molar-refractivity contribution is 5.59. The second-order valence-corrected chi connectivity index (χ2v) is 4.92. The number of rotatable bonds is 5. The zero-order valence-corrected chi connectivity index (χ0v) is 12.1. The van der Waals surface area contributed by atoms with Crippen LogP contribution in [0.25, 0.3) is 11.3 Å². The highest BCUT2D eigenvalue weighted by Crippen LogP contribution is 2.21. The highest BCUT2D eigenvalue weighted by atomic mass is 16.6. The predicted octanol–water partition coefficient (Wildman–Crippen LogP) is 1.43. The predicted molar refractivity (Wildman–Crippen MR) is 79.4 cm³/mol. The molecule has 1 unspecified atom stereocenters. The first kappa shape index (κ1) is 14.9. The van der Waals surface area contributed by atoms with Crippen LogP contribution in [-0.2, 0) is 16.1 Å². The van der Waals surface area contributed by atoms with E-state index < -0.39 is 0 Å². The lowest BCUT2D eigenvalue weighted by molar-refractivity contribution is -0.101. The Balaban J connectivity index is 1.61. The topological polar surface area (TPSA) is 73.7 Å². The van der Waals surface area contributed by atoms with E-state index in [1.165, 1.54) is 0 Å². The van der Waals surface area contributed by atoms with Gasteiger partial charge in [-0.2, -0.15) is 0 Å². The standard InChI is InChI=1S/C16H18N2O4/c19-9-16-17-6-5-15(18-16)12-1-3-13(4-2-12)22-11-14-10-20-7-8-21-14/h1-6,14,19H,7-11H2. The molecule has 3 rings (SSSR count). The van der Waals surface area contributed by atoms with Crippen LogP contribution in [0.4, 0.5) is 0 Å². The summed E-state index contributed by atoms with van der Waals surface area (Å²) in [6, 6.07) is 9.44. The molecule has 1 aromatic heterocycles. The Morgan fingerprint density at radius 2 is 2.05 bits per heavy atom. The van der Waals surface area contributed by atoms with Gasteiger partial charge in [0.15, 0.2) is 5.82 Å². The fourth-order valence-corrected chi connectivity index (χ4v) is 2.18. The van der Waals surface area contributed by atoms with Crippen LogP contribution in [0.1, 0.15) is 5.82 Å². The van der Waals surface area contributed by atoms with E-state index in [2.05, 4.69) is 9.97 Å². The molecule has 1 saturated heterocycles. The lowest BCUT2D eigenvalue weighted by atomic mass is 10.1. The molecule has 0 amide bonds. The minimum Gasteiger partial charge on any atom is -0.491 e. The molecule has 116 valence electrons. The maximum atomic E-state index is 9.08. The van der Waals surface area contributed by atoms with Crippen LogP contribution in [-0.4, -0.2) is 47.6 Å². The lowest BCUT2D eigenvalue weighted by Crippen LogP contribution is -2.33. The van der Waals surface area contributed by atoms with Gasteiger partial charge in [-0.15, -0.1) is 0 Å². The first-order valence-corrected chi connectivity index (χ1v) is 7.20. The van der Waals surface area contributed by atoms with Gasteiger partial charge in [-0.05, 0) is 30.3 Å². The summed E-state index contributed by atoms with van der Waals surface area (Å²) in [4.78, 5) is 8.24. The van der Waals surface area contributed by atoms with Crippen LogP contribution in [0.15, 0.2) is 36.5 Å². The molecule has 1 aromatic carbocycles. The molecule has 6 heteroatoms. The largest absolute Gasteiger partial charge is 0.491 e. The Hall–Kier alpha value is -2.02. The monoisotopic (exact) mass is 302 g/mol. The number of aliphatic hydroxyl groups is 1. The van der Waals surface area contributed by atoms with Gasteiger partial charge in [0.05, 0.1) is 25.5 Å². The van der Waals surface area contributed by atoms with Gasteiger partial charge in [0.25, 0.3) is 0 Å². The third kappa shape index (κ3) is 3.79. The Kier molecular flexibility index (Phi) is 4.95. The number of aliphatic hydroxyl groups excluding tert-OH is 1. The van der Waals surface area contributed by atoms with E-state index in [1.54, 1.807) is 6.20 Å². The Morgan fingerprint density at radius 1 is 1.18 bits per heavy atom. The smallest absolute Gasteiger partial charge is 0.154 e. The highest BCUT2D eigenvalue weighted by Gasteiger charge is 2.14. The Labute approximate surface area is 128 Å². The van der Waals surface area contributed by atoms with Crippen molar-refractivity contribution in [3.05, 3.63) is 42.4 Å². The second-order valence-electron chi connectivity index (χ2n) is 4.92. The van der Waals surface area contributed by atoms with E-state index in [1.807, 2.05) is 30.3 Å². The summed E-state index contributed by atoms with van der Waals surface area (Å²) in [5.74, 6) is 1.18. The van der Waals surface area contributed by atoms with E-state index >= 15 is 0 Å². The van der Waals surface area contributed by atoms with Gasteiger partial charge in [0.1, 0.15) is 25.1 Å². The third-order valence-electron chi connectivity index (χ3n) is 3.32. The molecule has 1 aliphatic rings. The number of hydrogen-bond donors (Lipinski definition) is 1. The Morgan fingerprint density at radius 3 is 2.77 bits per heavy atom. The quantitative estimate of drug-likeness (QED) is 0.900. The molecule has 0 aliphatic carbocycles.